The van der Waals surface area contributed by atoms with E-state index in [4.69, 9.17) is 9.47 Å². The minimum Gasteiger partial charge on any atom is -0.379 e. The van der Waals surface area contributed by atoms with E-state index < -0.39 is 0 Å². The molecule has 1 aliphatic rings. The van der Waals surface area contributed by atoms with Crippen molar-refractivity contribution in [2.24, 2.45) is 0 Å². The van der Waals surface area contributed by atoms with E-state index in [2.05, 4.69) is 11.5 Å². The quantitative estimate of drug-likeness (QED) is 0.447. The smallest absolute Gasteiger partial charge is 0.0645 e. The molecule has 0 aromatic heterocycles. The Morgan fingerprint density at radius 3 is 2.92 bits per heavy atom. The second-order valence-corrected chi connectivity index (χ2v) is 2.82. The standard InChI is InChI=1S/C9H17NO2/c1-2-6-11-7-3-10-4-8-12-9-5-10/h2H,1,3-9H2/i7+2. The first kappa shape index (κ1) is 9.71. The van der Waals surface area contributed by atoms with Gasteiger partial charge in [0.15, 0.2) is 0 Å². The molecule has 1 heterocycles. The first-order valence-corrected chi connectivity index (χ1v) is 4.42. The predicted molar refractivity (Wildman–Crippen MR) is 48.3 cm³/mol. The Balaban J connectivity index is 1.94. The van der Waals surface area contributed by atoms with Crippen molar-refractivity contribution in [2.45, 2.75) is 0 Å². The van der Waals surface area contributed by atoms with E-state index in [0.29, 0.717) is 6.61 Å². The normalized spacial score (nSPS) is 19.3. The van der Waals surface area contributed by atoms with Gasteiger partial charge >= 0.3 is 0 Å². The van der Waals surface area contributed by atoms with Crippen molar-refractivity contribution in [3.63, 3.8) is 0 Å². The van der Waals surface area contributed by atoms with Gasteiger partial charge in [0.1, 0.15) is 0 Å². The Morgan fingerprint density at radius 1 is 1.50 bits per heavy atom. The van der Waals surface area contributed by atoms with Gasteiger partial charge in [-0.2, -0.15) is 0 Å². The van der Waals surface area contributed by atoms with Crippen LogP contribution in [0.5, 0.6) is 0 Å². The topological polar surface area (TPSA) is 21.7 Å². The lowest BCUT2D eigenvalue weighted by atomic mass is 10.5. The maximum atomic E-state index is 5.28. The van der Waals surface area contributed by atoms with Gasteiger partial charge in [0.25, 0.3) is 0 Å². The molecular formula is C9H17NO2. The van der Waals surface area contributed by atoms with Crippen molar-refractivity contribution in [2.75, 3.05) is 46.1 Å². The van der Waals surface area contributed by atoms with Crippen LogP contribution in [0.2, 0.25) is 0 Å². The molecule has 1 rings (SSSR count). The second kappa shape index (κ2) is 6.17. The molecule has 0 atom stereocenters. The van der Waals surface area contributed by atoms with Crippen LogP contribution in [-0.4, -0.2) is 51.0 Å². The first-order valence-electron chi connectivity index (χ1n) is 4.42. The third-order valence-corrected chi connectivity index (χ3v) is 1.89. The van der Waals surface area contributed by atoms with Crippen molar-refractivity contribution in [3.8, 4) is 0 Å². The summed E-state index contributed by atoms with van der Waals surface area (Å²) in [5.41, 5.74) is 0. The molecule has 3 heteroatoms. The van der Waals surface area contributed by atoms with Gasteiger partial charge in [0, 0.05) is 19.6 Å². The van der Waals surface area contributed by atoms with E-state index in [1.807, 2.05) is 0 Å². The third kappa shape index (κ3) is 3.85. The van der Waals surface area contributed by atoms with E-state index in [1.54, 1.807) is 6.08 Å². The highest BCUT2D eigenvalue weighted by molar-refractivity contribution is 4.65. The van der Waals surface area contributed by atoms with Crippen LogP contribution < -0.4 is 0 Å². The van der Waals surface area contributed by atoms with Crippen LogP contribution in [0, 0.1) is 0 Å². The summed E-state index contributed by atoms with van der Waals surface area (Å²) in [6.07, 6.45) is 1.78. The van der Waals surface area contributed by atoms with E-state index >= 15 is 0 Å². The highest BCUT2D eigenvalue weighted by Crippen LogP contribution is 1.95. The molecule has 0 unspecified atom stereocenters. The van der Waals surface area contributed by atoms with Gasteiger partial charge in [-0.3, -0.25) is 4.90 Å². The molecule has 0 aromatic rings. The monoisotopic (exact) mass is 173 g/mol. The molecule has 0 spiro atoms. The number of rotatable bonds is 5. The van der Waals surface area contributed by atoms with Gasteiger partial charge in [-0.1, -0.05) is 6.08 Å². The Labute approximate surface area is 74.0 Å². The van der Waals surface area contributed by atoms with E-state index in [0.717, 1.165) is 39.5 Å². The molecule has 0 amide bonds. The van der Waals surface area contributed by atoms with Crippen LogP contribution in [0.1, 0.15) is 0 Å². The molecule has 0 bridgehead atoms. The summed E-state index contributed by atoms with van der Waals surface area (Å²) in [6.45, 7) is 9.86. The average Bonchev–Trinajstić information content (AvgIpc) is 2.14. The fraction of sp³-hybridized carbons (Fsp3) is 0.778. The molecule has 3 nitrogen and oxygen atoms in total. The predicted octanol–water partition coefficient (Wildman–Crippen LogP) is 0.521. The van der Waals surface area contributed by atoms with Crippen molar-refractivity contribution < 1.29 is 9.47 Å². The summed E-state index contributed by atoms with van der Waals surface area (Å²) < 4.78 is 10.5. The van der Waals surface area contributed by atoms with Crippen LogP contribution in [0.4, 0.5) is 0 Å². The number of morpholine rings is 1. The molecule has 0 saturated carbocycles. The van der Waals surface area contributed by atoms with Crippen molar-refractivity contribution in [3.05, 3.63) is 12.7 Å². The Hall–Kier alpha value is -0.380. The average molecular weight is 173 g/mol. The lowest BCUT2D eigenvalue weighted by Crippen LogP contribution is -2.38. The van der Waals surface area contributed by atoms with Gasteiger partial charge in [-0.15, -0.1) is 6.58 Å². The van der Waals surface area contributed by atoms with Gasteiger partial charge in [-0.05, 0) is 0 Å². The number of hydrogen-bond acceptors (Lipinski definition) is 3. The summed E-state index contributed by atoms with van der Waals surface area (Å²) in [5.74, 6) is 0. The fourth-order valence-electron chi connectivity index (χ4n) is 1.19. The zero-order chi connectivity index (χ0) is 8.65. The molecule has 1 aliphatic heterocycles. The molecule has 12 heavy (non-hydrogen) atoms. The van der Waals surface area contributed by atoms with Crippen molar-refractivity contribution in [1.82, 2.24) is 4.90 Å². The lowest BCUT2D eigenvalue weighted by Gasteiger charge is -2.26. The van der Waals surface area contributed by atoms with Gasteiger partial charge in [-0.25, -0.2) is 0 Å². The third-order valence-electron chi connectivity index (χ3n) is 1.89. The number of nitrogens with zero attached hydrogens (tertiary/aromatic N) is 1. The Bertz CT molecular complexity index is 122. The lowest BCUT2D eigenvalue weighted by molar-refractivity contribution is 0.0234. The summed E-state index contributed by atoms with van der Waals surface area (Å²) in [6, 6.07) is 0. The summed E-state index contributed by atoms with van der Waals surface area (Å²) in [5, 5.41) is 0. The number of ether oxygens (including phenoxy) is 2. The highest BCUT2D eigenvalue weighted by Gasteiger charge is 2.08. The molecule has 0 radical (unpaired) electrons. The fourth-order valence-corrected chi connectivity index (χ4v) is 1.19. The molecule has 0 aliphatic carbocycles. The molecule has 70 valence electrons. The van der Waals surface area contributed by atoms with Crippen molar-refractivity contribution >= 4 is 0 Å². The molecule has 0 aromatic carbocycles. The van der Waals surface area contributed by atoms with Crippen LogP contribution in [0.25, 0.3) is 0 Å². The Kier molecular flexibility index (Phi) is 4.99. The Morgan fingerprint density at radius 2 is 2.25 bits per heavy atom. The van der Waals surface area contributed by atoms with Gasteiger partial charge in [0.2, 0.25) is 0 Å². The SMILES string of the molecule is C=CCO[14CH2]CN1CCOCC1. The first-order chi connectivity index (χ1) is 5.93. The highest BCUT2D eigenvalue weighted by atomic mass is 16.6. The summed E-state index contributed by atoms with van der Waals surface area (Å²) >= 11 is 0. The van der Waals surface area contributed by atoms with E-state index in [9.17, 15) is 0 Å². The number of hydrogen-bond donors (Lipinski definition) is 0. The molecule has 1 saturated heterocycles. The zero-order valence-corrected chi connectivity index (χ0v) is 7.50. The summed E-state index contributed by atoms with van der Waals surface area (Å²) in [7, 11) is 0. The molecule has 0 N–H and O–H groups in total. The second-order valence-electron chi connectivity index (χ2n) is 2.82. The van der Waals surface area contributed by atoms with Crippen LogP contribution in [0.3, 0.4) is 0 Å². The van der Waals surface area contributed by atoms with E-state index in [1.165, 1.54) is 0 Å². The van der Waals surface area contributed by atoms with Crippen LogP contribution in [0.15, 0.2) is 12.7 Å². The minimum absolute atomic E-state index is 0.657. The zero-order valence-electron chi connectivity index (χ0n) is 7.50. The van der Waals surface area contributed by atoms with Crippen LogP contribution in [-0.2, 0) is 9.47 Å². The van der Waals surface area contributed by atoms with Gasteiger partial charge < -0.3 is 9.47 Å². The van der Waals surface area contributed by atoms with Crippen molar-refractivity contribution in [1.29, 1.82) is 0 Å². The van der Waals surface area contributed by atoms with Gasteiger partial charge in [0.05, 0.1) is 26.4 Å². The summed E-state index contributed by atoms with van der Waals surface area (Å²) in [4.78, 5) is 2.35. The molecular weight excluding hydrogens is 156 g/mol. The minimum atomic E-state index is 0.657. The maximum Gasteiger partial charge on any atom is 0.0645 e. The largest absolute Gasteiger partial charge is 0.379 e. The maximum absolute atomic E-state index is 5.28. The van der Waals surface area contributed by atoms with Crippen LogP contribution >= 0.6 is 0 Å². The van der Waals surface area contributed by atoms with E-state index in [-0.39, 0.29) is 0 Å². The molecule has 1 fully saturated rings.